The van der Waals surface area contributed by atoms with Gasteiger partial charge in [-0.15, -0.1) is 39.7 Å². The summed E-state index contributed by atoms with van der Waals surface area (Å²) in [4.78, 5) is 10.7. The van der Waals surface area contributed by atoms with E-state index in [1.807, 2.05) is 0 Å². The van der Waals surface area contributed by atoms with Gasteiger partial charge in [-0.05, 0) is 31.1 Å². The first-order chi connectivity index (χ1) is 12.6. The van der Waals surface area contributed by atoms with Gasteiger partial charge >= 0.3 is 25.8 Å². The minimum atomic E-state index is -0.313. The van der Waals surface area contributed by atoms with Gasteiger partial charge in [0.2, 0.25) is 0 Å². The number of nitrogens with one attached hydrogen (secondary N) is 1. The van der Waals surface area contributed by atoms with Crippen LogP contribution in [-0.2, 0) is 30.6 Å². The van der Waals surface area contributed by atoms with E-state index in [-0.39, 0.29) is 62.5 Å². The molecule has 0 heterocycles. The van der Waals surface area contributed by atoms with E-state index >= 15 is 0 Å². The van der Waals surface area contributed by atoms with Crippen molar-refractivity contribution in [3.63, 3.8) is 0 Å². The maximum Gasteiger partial charge on any atom is 4.00 e. The number of carbonyl (C=O) groups is 1. The van der Waals surface area contributed by atoms with E-state index in [0.29, 0.717) is 5.92 Å². The average Bonchev–Trinajstić information content (AvgIpc) is 3.36. The van der Waals surface area contributed by atoms with Crippen LogP contribution in [0.15, 0.2) is 54.6 Å². The molecule has 3 aromatic rings. The second-order valence-electron chi connectivity index (χ2n) is 7.46. The van der Waals surface area contributed by atoms with Crippen molar-refractivity contribution in [1.29, 1.82) is 0 Å². The molecule has 2 aliphatic carbocycles. The van der Waals surface area contributed by atoms with Crippen molar-refractivity contribution in [1.82, 2.24) is 0 Å². The first-order valence-electron chi connectivity index (χ1n) is 9.51. The molecule has 2 bridgehead atoms. The number of hydrogen-bond donors (Lipinski definition) is 0. The molecule has 2 nitrogen and oxygen atoms in total. The first-order valence-corrected chi connectivity index (χ1v) is 11.5. The fourth-order valence-corrected chi connectivity index (χ4v) is 4.47. The number of fused-ring (bicyclic) bond motifs is 5. The summed E-state index contributed by atoms with van der Waals surface area (Å²) in [5, 5.41) is 5.39. The van der Waals surface area contributed by atoms with Crippen LogP contribution in [0.1, 0.15) is 25.7 Å². The predicted octanol–water partition coefficient (Wildman–Crippen LogP) is 0.506. The summed E-state index contributed by atoms with van der Waals surface area (Å²) in [6.07, 6.45) is 4.77. The zero-order chi connectivity index (χ0) is 18.5. The Balaban J connectivity index is 0.000000446. The zero-order valence-corrected chi connectivity index (χ0v) is 23.0. The van der Waals surface area contributed by atoms with Crippen molar-refractivity contribution < 1.29 is 55.5 Å². The maximum atomic E-state index is 10.7. The number of benzene rings is 2. The third-order valence-electron chi connectivity index (χ3n) is 5.60. The van der Waals surface area contributed by atoms with Crippen molar-refractivity contribution >= 4 is 37.0 Å². The number of rotatable bonds is 1. The molecular weight excluding hydrogens is 584 g/mol. The van der Waals surface area contributed by atoms with Crippen molar-refractivity contribution in [3.8, 4) is 0 Å². The molecule has 0 spiro atoms. The Morgan fingerprint density at radius 1 is 0.931 bits per heavy atom. The fourth-order valence-electron chi connectivity index (χ4n) is 4.47. The van der Waals surface area contributed by atoms with Crippen LogP contribution in [0.3, 0.4) is 0 Å². The first kappa shape index (κ1) is 28.4. The molecule has 3 aromatic carbocycles. The van der Waals surface area contributed by atoms with Crippen LogP contribution in [0.4, 0.5) is 0 Å². The Morgan fingerprint density at radius 3 is 1.76 bits per heavy atom. The molecule has 0 aromatic heterocycles. The molecule has 3 unspecified atom stereocenters. The second kappa shape index (κ2) is 13.7. The zero-order valence-electron chi connectivity index (χ0n) is 16.9. The van der Waals surface area contributed by atoms with Crippen LogP contribution in [0.2, 0.25) is 13.1 Å². The molecule has 0 aliphatic heterocycles. The molecule has 0 saturated heterocycles. The summed E-state index contributed by atoms with van der Waals surface area (Å²) >= 11 is 0. The van der Waals surface area contributed by atoms with Gasteiger partial charge in [0.05, 0.1) is 5.91 Å². The predicted molar refractivity (Wildman–Crippen MR) is 113 cm³/mol. The third-order valence-corrected chi connectivity index (χ3v) is 5.60. The molecule has 2 saturated carbocycles. The summed E-state index contributed by atoms with van der Waals surface area (Å²) in [7, 11) is 1.08. The van der Waals surface area contributed by atoms with E-state index in [0.717, 1.165) is 21.9 Å². The van der Waals surface area contributed by atoms with E-state index < -0.39 is 0 Å². The van der Waals surface area contributed by atoms with Crippen LogP contribution in [-0.4, -0.2) is 15.4 Å². The number of amides is 1. The van der Waals surface area contributed by atoms with Gasteiger partial charge in [-0.1, -0.05) is 55.9 Å². The molecule has 1 amide bonds. The molecule has 2 radical (unpaired) electrons. The van der Waals surface area contributed by atoms with Crippen molar-refractivity contribution in [3.05, 3.63) is 60.3 Å². The fraction of sp³-hybridized carbons (Fsp3) is 0.391. The summed E-state index contributed by atoms with van der Waals surface area (Å²) in [5.41, 5.74) is 6.99. The topological polar surface area (TPSA) is 40.9 Å². The van der Waals surface area contributed by atoms with Crippen LogP contribution >= 0.6 is 0 Å². The van der Waals surface area contributed by atoms with Crippen molar-refractivity contribution in [2.75, 3.05) is 0 Å². The minimum Gasteiger partial charge on any atom is -1.00 e. The summed E-state index contributed by atoms with van der Waals surface area (Å²) in [6, 6.07) is 19.3. The Labute approximate surface area is 208 Å². The van der Waals surface area contributed by atoms with Gasteiger partial charge in [-0.2, -0.15) is 0 Å². The van der Waals surface area contributed by atoms with E-state index in [4.69, 9.17) is 5.73 Å². The normalized spacial score (nSPS) is 20.8. The van der Waals surface area contributed by atoms with Gasteiger partial charge in [0, 0.05) is 15.4 Å². The van der Waals surface area contributed by atoms with Gasteiger partial charge in [-0.3, -0.25) is 0 Å². The molecular formula is C23H27Cl2HfNOSi. The van der Waals surface area contributed by atoms with E-state index in [1.165, 1.54) is 40.8 Å². The molecule has 6 heteroatoms. The molecule has 5 rings (SSSR count). The molecule has 2 fully saturated rings. The van der Waals surface area contributed by atoms with Crippen molar-refractivity contribution in [2.45, 2.75) is 38.8 Å². The average molecular weight is 611 g/mol. The van der Waals surface area contributed by atoms with E-state index in [9.17, 15) is 4.79 Å². The monoisotopic (exact) mass is 611 g/mol. The quantitative estimate of drug-likeness (QED) is 0.293. The Bertz CT molecular complexity index is 835. The molecule has 29 heavy (non-hydrogen) atoms. The molecule has 2 aliphatic rings. The van der Waals surface area contributed by atoms with Crippen molar-refractivity contribution in [2.24, 2.45) is 17.8 Å². The van der Waals surface area contributed by atoms with Crippen LogP contribution < -0.4 is 24.8 Å². The van der Waals surface area contributed by atoms with Gasteiger partial charge in [0.15, 0.2) is 0 Å². The third kappa shape index (κ3) is 6.98. The number of carbonyl (C=O) groups excluding carboxylic acids is 1. The van der Waals surface area contributed by atoms with Crippen LogP contribution in [0.5, 0.6) is 0 Å². The Kier molecular flexibility index (Phi) is 13.4. The van der Waals surface area contributed by atoms with Gasteiger partial charge in [0.1, 0.15) is 0 Å². The van der Waals surface area contributed by atoms with E-state index in [1.54, 1.807) is 0 Å². The molecule has 3 atom stereocenters. The number of hydrogen-bond acceptors (Lipinski definition) is 1. The largest absolute Gasteiger partial charge is 4.00 e. The second-order valence-corrected chi connectivity index (χ2v) is 8.46. The maximum absolute atomic E-state index is 10.7. The summed E-state index contributed by atoms with van der Waals surface area (Å²) in [5.74, 6) is 1.20. The van der Waals surface area contributed by atoms with Crippen LogP contribution in [0, 0.1) is 17.8 Å². The van der Waals surface area contributed by atoms with Gasteiger partial charge < -0.3 is 35.3 Å². The molecule has 152 valence electrons. The van der Waals surface area contributed by atoms with E-state index in [2.05, 4.69) is 67.7 Å². The summed E-state index contributed by atoms with van der Waals surface area (Å²) in [6.45, 7) is 4.31. The Morgan fingerprint density at radius 2 is 1.41 bits per heavy atom. The van der Waals surface area contributed by atoms with Gasteiger partial charge in [-0.25, -0.2) is 0 Å². The SMILES string of the molecule is C[Si]C.[Cl-].[Cl-].[Hf+4].[NH-]C(=O)C1CC2CCC1C2.c1ccc2c(c1)[cH-]c1ccccc12. The number of halogens is 2. The smallest absolute Gasteiger partial charge is 1.00 e. The standard InChI is InChI=1S/C13H9.C8H13NO.C2H6Si.2ClH.Hf/c1-3-7-12-10(5-1)9-11-6-2-4-8-13(11)12;9-8(10)7-4-5-1-2-6(7)3-5;1-3-2;;;/h1-9H;5-7H,1-4H2,(H2,9,10);1-2H3;2*1H;/q-1;;;;;+4/p-3. The summed E-state index contributed by atoms with van der Waals surface area (Å²) < 4.78 is 0. The Hall–Kier alpha value is -0.553. The molecule has 1 N–H and O–H groups in total. The van der Waals surface area contributed by atoms with Gasteiger partial charge in [0.25, 0.3) is 0 Å². The minimum absolute atomic E-state index is 0. The van der Waals surface area contributed by atoms with Crippen LogP contribution in [0.25, 0.3) is 27.3 Å².